The first-order chi connectivity index (χ1) is 9.46. The molecular weight excluding hydrogens is 285 g/mol. The van der Waals surface area contributed by atoms with Gasteiger partial charge in [0.15, 0.2) is 0 Å². The molecule has 1 rings (SSSR count). The van der Waals surface area contributed by atoms with Crippen molar-refractivity contribution in [3.05, 3.63) is 29.3 Å². The minimum Gasteiger partial charge on any atom is -0.279 e. The first-order valence-electron chi connectivity index (χ1n) is 6.49. The molecule has 0 aliphatic carbocycles. The highest BCUT2D eigenvalue weighted by atomic mass is 32.2. The van der Waals surface area contributed by atoms with Crippen LogP contribution in [0.5, 0.6) is 0 Å². The Balaban J connectivity index is 2.54. The van der Waals surface area contributed by atoms with Gasteiger partial charge in [0, 0.05) is 12.0 Å². The minimum atomic E-state index is -4.33. The quantitative estimate of drug-likeness (QED) is 0.438. The number of unbranched alkanes of at least 4 members (excludes halogenated alkanes) is 1. The molecule has 0 aliphatic heterocycles. The molecule has 0 heterocycles. The van der Waals surface area contributed by atoms with Gasteiger partial charge >= 0.3 is 6.18 Å². The Morgan fingerprint density at radius 3 is 2.75 bits per heavy atom. The highest BCUT2D eigenvalue weighted by molar-refractivity contribution is 7.99. The zero-order valence-electron chi connectivity index (χ0n) is 11.6. The Hall–Kier alpha value is -1.17. The summed E-state index contributed by atoms with van der Waals surface area (Å²) in [6.07, 6.45) is -0.327. The first-order valence-corrected chi connectivity index (χ1v) is 7.64. The summed E-state index contributed by atoms with van der Waals surface area (Å²) in [6.45, 7) is 3.57. The van der Waals surface area contributed by atoms with Crippen LogP contribution >= 0.6 is 11.8 Å². The van der Waals surface area contributed by atoms with Crippen LogP contribution in [-0.2, 0) is 6.18 Å². The van der Waals surface area contributed by atoms with Gasteiger partial charge in [-0.15, -0.1) is 0 Å². The third-order valence-corrected chi connectivity index (χ3v) is 3.71. The standard InChI is InChI=1S/C14H19F3N2S/c1-3-4-9-20-10-8-18-19-13-7-5-6-12(11(13)2)14(15,16)17/h5-8,19H,3-4,9-10H2,1-2H3/b18-8+. The van der Waals surface area contributed by atoms with Gasteiger partial charge in [0.05, 0.1) is 11.3 Å². The fourth-order valence-electron chi connectivity index (χ4n) is 1.60. The second-order valence-electron chi connectivity index (χ2n) is 4.33. The number of benzene rings is 1. The van der Waals surface area contributed by atoms with Gasteiger partial charge in [-0.25, -0.2) is 0 Å². The van der Waals surface area contributed by atoms with Crippen LogP contribution in [0.2, 0.25) is 0 Å². The highest BCUT2D eigenvalue weighted by Gasteiger charge is 2.32. The van der Waals surface area contributed by atoms with E-state index in [1.165, 1.54) is 19.4 Å². The molecule has 0 fully saturated rings. The maximum absolute atomic E-state index is 12.7. The number of hydrazone groups is 1. The summed E-state index contributed by atoms with van der Waals surface area (Å²) in [4.78, 5) is 0. The molecule has 0 aromatic heterocycles. The van der Waals surface area contributed by atoms with Crippen LogP contribution in [-0.4, -0.2) is 17.7 Å². The minimum absolute atomic E-state index is 0.163. The van der Waals surface area contributed by atoms with Crippen LogP contribution in [0.4, 0.5) is 18.9 Å². The van der Waals surface area contributed by atoms with E-state index in [9.17, 15) is 13.2 Å². The molecule has 2 nitrogen and oxygen atoms in total. The van der Waals surface area contributed by atoms with Crippen molar-refractivity contribution >= 4 is 23.7 Å². The zero-order valence-corrected chi connectivity index (χ0v) is 12.4. The number of anilines is 1. The molecule has 0 atom stereocenters. The molecule has 1 aromatic carbocycles. The van der Waals surface area contributed by atoms with Crippen molar-refractivity contribution in [1.82, 2.24) is 0 Å². The summed E-state index contributed by atoms with van der Waals surface area (Å²) in [5.74, 6) is 1.83. The number of nitrogens with one attached hydrogen (secondary N) is 1. The number of thioether (sulfide) groups is 1. The summed E-state index contributed by atoms with van der Waals surface area (Å²) in [6, 6.07) is 4.04. The normalized spacial score (nSPS) is 12.1. The first kappa shape index (κ1) is 16.9. The van der Waals surface area contributed by atoms with Crippen LogP contribution in [0.25, 0.3) is 0 Å². The molecule has 0 unspecified atom stereocenters. The fourth-order valence-corrected chi connectivity index (χ4v) is 2.44. The number of alkyl halides is 3. The lowest BCUT2D eigenvalue weighted by molar-refractivity contribution is -0.138. The molecule has 0 aliphatic rings. The number of halogens is 3. The van der Waals surface area contributed by atoms with Crippen molar-refractivity contribution in [2.45, 2.75) is 32.9 Å². The van der Waals surface area contributed by atoms with E-state index in [-0.39, 0.29) is 5.56 Å². The Morgan fingerprint density at radius 2 is 2.10 bits per heavy atom. The lowest BCUT2D eigenvalue weighted by atomic mass is 10.1. The number of hydrogen-bond acceptors (Lipinski definition) is 3. The molecule has 0 saturated heterocycles. The van der Waals surface area contributed by atoms with Gasteiger partial charge in [-0.05, 0) is 36.8 Å². The van der Waals surface area contributed by atoms with E-state index in [0.717, 1.165) is 24.0 Å². The zero-order chi connectivity index (χ0) is 15.0. The maximum atomic E-state index is 12.7. The van der Waals surface area contributed by atoms with Gasteiger partial charge in [0.25, 0.3) is 0 Å². The molecule has 6 heteroatoms. The molecule has 0 amide bonds. The van der Waals surface area contributed by atoms with Gasteiger partial charge in [0.1, 0.15) is 0 Å². The predicted molar refractivity (Wildman–Crippen MR) is 80.5 cm³/mol. The largest absolute Gasteiger partial charge is 0.416 e. The Labute approximate surface area is 121 Å². The molecule has 0 spiro atoms. The SMILES string of the molecule is CCCCSC/C=N/Nc1cccc(C(F)(F)F)c1C. The average Bonchev–Trinajstić information content (AvgIpc) is 2.38. The van der Waals surface area contributed by atoms with Crippen molar-refractivity contribution in [3.63, 3.8) is 0 Å². The summed E-state index contributed by atoms with van der Waals surface area (Å²) < 4.78 is 38.2. The van der Waals surface area contributed by atoms with Gasteiger partial charge < -0.3 is 0 Å². The van der Waals surface area contributed by atoms with Gasteiger partial charge in [-0.1, -0.05) is 19.4 Å². The predicted octanol–water partition coefficient (Wildman–Crippen LogP) is 4.94. The maximum Gasteiger partial charge on any atom is 0.416 e. The monoisotopic (exact) mass is 304 g/mol. The summed E-state index contributed by atoms with van der Waals surface area (Å²) in [5.41, 5.74) is 2.59. The second kappa shape index (κ2) is 8.19. The van der Waals surface area contributed by atoms with Crippen LogP contribution < -0.4 is 5.43 Å². The van der Waals surface area contributed by atoms with E-state index in [1.807, 2.05) is 0 Å². The molecule has 1 aromatic rings. The third-order valence-electron chi connectivity index (χ3n) is 2.75. The van der Waals surface area contributed by atoms with E-state index in [4.69, 9.17) is 0 Å². The van der Waals surface area contributed by atoms with Crippen LogP contribution in [0.15, 0.2) is 23.3 Å². The van der Waals surface area contributed by atoms with E-state index in [0.29, 0.717) is 5.69 Å². The molecule has 0 bridgehead atoms. The van der Waals surface area contributed by atoms with E-state index in [2.05, 4.69) is 17.5 Å². The molecule has 1 N–H and O–H groups in total. The molecule has 0 saturated carbocycles. The second-order valence-corrected chi connectivity index (χ2v) is 5.48. The average molecular weight is 304 g/mol. The highest BCUT2D eigenvalue weighted by Crippen LogP contribution is 2.34. The van der Waals surface area contributed by atoms with Gasteiger partial charge in [-0.3, -0.25) is 5.43 Å². The lowest BCUT2D eigenvalue weighted by Gasteiger charge is -2.13. The van der Waals surface area contributed by atoms with E-state index < -0.39 is 11.7 Å². The topological polar surface area (TPSA) is 24.4 Å². The van der Waals surface area contributed by atoms with Crippen LogP contribution in [0, 0.1) is 6.92 Å². The van der Waals surface area contributed by atoms with Crippen molar-refractivity contribution in [3.8, 4) is 0 Å². The van der Waals surface area contributed by atoms with Crippen molar-refractivity contribution in [2.75, 3.05) is 16.9 Å². The van der Waals surface area contributed by atoms with Gasteiger partial charge in [-0.2, -0.15) is 30.0 Å². The Kier molecular flexibility index (Phi) is 6.91. The molecule has 112 valence electrons. The van der Waals surface area contributed by atoms with E-state index in [1.54, 1.807) is 24.0 Å². The lowest BCUT2D eigenvalue weighted by Crippen LogP contribution is -2.08. The number of rotatable bonds is 7. The van der Waals surface area contributed by atoms with Crippen molar-refractivity contribution < 1.29 is 13.2 Å². The van der Waals surface area contributed by atoms with E-state index >= 15 is 0 Å². The molecule has 20 heavy (non-hydrogen) atoms. The van der Waals surface area contributed by atoms with Crippen molar-refractivity contribution in [1.29, 1.82) is 0 Å². The Bertz CT molecular complexity index is 445. The van der Waals surface area contributed by atoms with Crippen LogP contribution in [0.3, 0.4) is 0 Å². The van der Waals surface area contributed by atoms with Crippen LogP contribution in [0.1, 0.15) is 30.9 Å². The third kappa shape index (κ3) is 5.45. The smallest absolute Gasteiger partial charge is 0.279 e. The fraction of sp³-hybridized carbons (Fsp3) is 0.500. The number of nitrogens with zero attached hydrogens (tertiary/aromatic N) is 1. The summed E-state index contributed by atoms with van der Waals surface area (Å²) >= 11 is 1.76. The molecule has 0 radical (unpaired) electrons. The Morgan fingerprint density at radius 1 is 1.35 bits per heavy atom. The summed E-state index contributed by atoms with van der Waals surface area (Å²) in [7, 11) is 0. The van der Waals surface area contributed by atoms with Gasteiger partial charge in [0.2, 0.25) is 0 Å². The molecular formula is C14H19F3N2S. The summed E-state index contributed by atoms with van der Waals surface area (Å²) in [5, 5.41) is 3.96. The number of hydrogen-bond donors (Lipinski definition) is 1. The van der Waals surface area contributed by atoms with Crippen molar-refractivity contribution in [2.24, 2.45) is 5.10 Å².